The van der Waals surface area contributed by atoms with Crippen LogP contribution in [0.3, 0.4) is 0 Å². The average Bonchev–Trinajstić information content (AvgIpc) is 2.28. The van der Waals surface area contributed by atoms with Gasteiger partial charge in [0, 0.05) is 18.9 Å². The largest absolute Gasteiger partial charge is 0.393 e. The number of aliphatic hydroxyl groups is 1. The molecule has 1 unspecified atom stereocenters. The smallest absolute Gasteiger partial charge is 0.0512 e. The van der Waals surface area contributed by atoms with Crippen molar-refractivity contribution in [1.82, 2.24) is 9.88 Å². The summed E-state index contributed by atoms with van der Waals surface area (Å²) in [5.41, 5.74) is 1.30. The third-order valence-corrected chi connectivity index (χ3v) is 2.70. The summed E-state index contributed by atoms with van der Waals surface area (Å²) in [6.07, 6.45) is 5.42. The Hall–Kier alpha value is -0.930. The summed E-state index contributed by atoms with van der Waals surface area (Å²) in [6, 6.07) is 4.11. The number of hydrogen-bond donors (Lipinski definition) is 1. The van der Waals surface area contributed by atoms with Crippen molar-refractivity contribution in [3.8, 4) is 0 Å². The molecule has 16 heavy (non-hydrogen) atoms. The minimum absolute atomic E-state index is 0.181. The predicted octanol–water partition coefficient (Wildman–Crippen LogP) is 2.06. The first-order chi connectivity index (χ1) is 7.72. The Labute approximate surface area is 98.1 Å². The Bertz CT molecular complexity index is 275. The quantitative estimate of drug-likeness (QED) is 0.767. The van der Waals surface area contributed by atoms with Gasteiger partial charge in [-0.2, -0.15) is 0 Å². The summed E-state index contributed by atoms with van der Waals surface area (Å²) in [7, 11) is 0. The molecule has 3 nitrogen and oxygen atoms in total. The predicted molar refractivity (Wildman–Crippen MR) is 66.1 cm³/mol. The van der Waals surface area contributed by atoms with Crippen molar-refractivity contribution in [2.24, 2.45) is 0 Å². The third-order valence-electron chi connectivity index (χ3n) is 2.70. The van der Waals surface area contributed by atoms with Gasteiger partial charge in [0.05, 0.1) is 6.10 Å². The average molecular weight is 222 g/mol. The van der Waals surface area contributed by atoms with Gasteiger partial charge in [0.2, 0.25) is 0 Å². The van der Waals surface area contributed by atoms with Gasteiger partial charge in [0.1, 0.15) is 0 Å². The Morgan fingerprint density at radius 1 is 1.38 bits per heavy atom. The molecule has 1 aromatic heterocycles. The van der Waals surface area contributed by atoms with Crippen molar-refractivity contribution in [2.75, 3.05) is 13.1 Å². The molecule has 0 bridgehead atoms. The monoisotopic (exact) mass is 222 g/mol. The van der Waals surface area contributed by atoms with Crippen molar-refractivity contribution >= 4 is 0 Å². The summed E-state index contributed by atoms with van der Waals surface area (Å²) in [4.78, 5) is 6.40. The van der Waals surface area contributed by atoms with Crippen molar-refractivity contribution < 1.29 is 5.11 Å². The maximum absolute atomic E-state index is 9.20. The third kappa shape index (κ3) is 5.24. The van der Waals surface area contributed by atoms with Crippen LogP contribution in [0.15, 0.2) is 24.5 Å². The van der Waals surface area contributed by atoms with Crippen LogP contribution in [-0.2, 0) is 6.54 Å². The molecule has 1 N–H and O–H groups in total. The zero-order chi connectivity index (χ0) is 11.8. The molecule has 0 radical (unpaired) electrons. The number of hydrogen-bond acceptors (Lipinski definition) is 3. The van der Waals surface area contributed by atoms with E-state index in [1.807, 2.05) is 19.3 Å². The molecule has 0 aliphatic carbocycles. The van der Waals surface area contributed by atoms with Gasteiger partial charge >= 0.3 is 0 Å². The minimum atomic E-state index is -0.181. The molecule has 0 amide bonds. The molecule has 0 spiro atoms. The van der Waals surface area contributed by atoms with E-state index in [1.54, 1.807) is 0 Å². The van der Waals surface area contributed by atoms with Crippen LogP contribution >= 0.6 is 0 Å². The van der Waals surface area contributed by atoms with Gasteiger partial charge in [0.15, 0.2) is 0 Å². The van der Waals surface area contributed by atoms with E-state index < -0.39 is 0 Å². The Kier molecular flexibility index (Phi) is 6.04. The Morgan fingerprint density at radius 2 is 2.06 bits per heavy atom. The summed E-state index contributed by atoms with van der Waals surface area (Å²) < 4.78 is 0. The second kappa shape index (κ2) is 7.36. The fraction of sp³-hybridized carbons (Fsp3) is 0.615. The van der Waals surface area contributed by atoms with E-state index in [9.17, 15) is 5.11 Å². The summed E-state index contributed by atoms with van der Waals surface area (Å²) in [5, 5.41) is 9.20. The first-order valence-electron chi connectivity index (χ1n) is 6.01. The molecule has 1 heterocycles. The van der Waals surface area contributed by atoms with Gasteiger partial charge in [0.25, 0.3) is 0 Å². The normalized spacial score (nSPS) is 13.0. The van der Waals surface area contributed by atoms with Crippen LogP contribution in [0.4, 0.5) is 0 Å². The zero-order valence-electron chi connectivity index (χ0n) is 10.3. The lowest BCUT2D eigenvalue weighted by Crippen LogP contribution is -2.24. The number of rotatable bonds is 7. The topological polar surface area (TPSA) is 36.4 Å². The van der Waals surface area contributed by atoms with Crippen LogP contribution in [0.5, 0.6) is 0 Å². The van der Waals surface area contributed by atoms with Crippen LogP contribution in [0.25, 0.3) is 0 Å². The molecule has 3 heteroatoms. The van der Waals surface area contributed by atoms with E-state index in [1.165, 1.54) is 5.56 Å². The van der Waals surface area contributed by atoms with Crippen molar-refractivity contribution in [2.45, 2.75) is 39.3 Å². The standard InChI is InChI=1S/C13H22N2O/c1-3-15(10-4-5-12(2)16)11-13-6-8-14-9-7-13/h6-9,12,16H,3-5,10-11H2,1-2H3. The van der Waals surface area contributed by atoms with Gasteiger partial charge in [-0.1, -0.05) is 6.92 Å². The van der Waals surface area contributed by atoms with Crippen LogP contribution < -0.4 is 0 Å². The van der Waals surface area contributed by atoms with Crippen LogP contribution in [-0.4, -0.2) is 34.2 Å². The minimum Gasteiger partial charge on any atom is -0.393 e. The maximum Gasteiger partial charge on any atom is 0.0512 e. The highest BCUT2D eigenvalue weighted by molar-refractivity contribution is 5.09. The van der Waals surface area contributed by atoms with E-state index in [0.29, 0.717) is 0 Å². The molecular weight excluding hydrogens is 200 g/mol. The van der Waals surface area contributed by atoms with Gasteiger partial charge in [-0.25, -0.2) is 0 Å². The molecular formula is C13H22N2O. The molecule has 0 aromatic carbocycles. The van der Waals surface area contributed by atoms with E-state index in [-0.39, 0.29) is 6.10 Å². The first-order valence-corrected chi connectivity index (χ1v) is 6.01. The fourth-order valence-corrected chi connectivity index (χ4v) is 1.71. The number of aromatic nitrogens is 1. The molecule has 90 valence electrons. The number of nitrogens with zero attached hydrogens (tertiary/aromatic N) is 2. The SMILES string of the molecule is CCN(CCCC(C)O)Cc1ccncc1. The van der Waals surface area contributed by atoms with Gasteiger partial charge < -0.3 is 5.11 Å². The summed E-state index contributed by atoms with van der Waals surface area (Å²) in [5.74, 6) is 0. The van der Waals surface area contributed by atoms with E-state index in [2.05, 4.69) is 28.9 Å². The van der Waals surface area contributed by atoms with Crippen molar-refractivity contribution in [1.29, 1.82) is 0 Å². The zero-order valence-corrected chi connectivity index (χ0v) is 10.3. The Morgan fingerprint density at radius 3 is 2.62 bits per heavy atom. The first kappa shape index (κ1) is 13.1. The maximum atomic E-state index is 9.20. The van der Waals surface area contributed by atoms with Crippen LogP contribution in [0.1, 0.15) is 32.3 Å². The molecule has 1 aromatic rings. The lowest BCUT2D eigenvalue weighted by atomic mass is 10.2. The second-order valence-corrected chi connectivity index (χ2v) is 4.22. The highest BCUT2D eigenvalue weighted by Crippen LogP contribution is 2.05. The molecule has 0 saturated heterocycles. The molecule has 1 atom stereocenters. The van der Waals surface area contributed by atoms with Crippen molar-refractivity contribution in [3.63, 3.8) is 0 Å². The van der Waals surface area contributed by atoms with Crippen LogP contribution in [0.2, 0.25) is 0 Å². The van der Waals surface area contributed by atoms with Crippen LogP contribution in [0, 0.1) is 0 Å². The second-order valence-electron chi connectivity index (χ2n) is 4.22. The highest BCUT2D eigenvalue weighted by Gasteiger charge is 2.04. The summed E-state index contributed by atoms with van der Waals surface area (Å²) in [6.45, 7) is 7.08. The summed E-state index contributed by atoms with van der Waals surface area (Å²) >= 11 is 0. The fourth-order valence-electron chi connectivity index (χ4n) is 1.71. The molecule has 0 aliphatic rings. The van der Waals surface area contributed by atoms with Crippen molar-refractivity contribution in [3.05, 3.63) is 30.1 Å². The van der Waals surface area contributed by atoms with E-state index >= 15 is 0 Å². The Balaban J connectivity index is 2.32. The van der Waals surface area contributed by atoms with E-state index in [4.69, 9.17) is 0 Å². The number of pyridine rings is 1. The van der Waals surface area contributed by atoms with E-state index in [0.717, 1.165) is 32.5 Å². The molecule has 0 fully saturated rings. The number of aliphatic hydroxyl groups excluding tert-OH is 1. The lowest BCUT2D eigenvalue weighted by Gasteiger charge is -2.20. The highest BCUT2D eigenvalue weighted by atomic mass is 16.3. The molecule has 0 saturated carbocycles. The molecule has 0 aliphatic heterocycles. The van der Waals surface area contributed by atoms with Gasteiger partial charge in [-0.05, 0) is 50.6 Å². The van der Waals surface area contributed by atoms with Gasteiger partial charge in [-0.3, -0.25) is 9.88 Å². The lowest BCUT2D eigenvalue weighted by molar-refractivity contribution is 0.170. The van der Waals surface area contributed by atoms with Gasteiger partial charge in [-0.15, -0.1) is 0 Å². The molecule has 1 rings (SSSR count).